The molecular weight excluding hydrogens is 222 g/mol. The SMILES string of the molecule is CCOC(=O)CCC(=O)CN(CC)CCOC. The average Bonchev–Trinajstić information content (AvgIpc) is 2.32. The van der Waals surface area contributed by atoms with Crippen LogP contribution in [0.25, 0.3) is 0 Å². The molecule has 0 fully saturated rings. The van der Waals surface area contributed by atoms with Gasteiger partial charge < -0.3 is 9.47 Å². The van der Waals surface area contributed by atoms with Crippen molar-refractivity contribution >= 4 is 11.8 Å². The summed E-state index contributed by atoms with van der Waals surface area (Å²) < 4.78 is 9.72. The molecule has 0 unspecified atom stereocenters. The zero-order valence-electron chi connectivity index (χ0n) is 11.0. The number of methoxy groups -OCH3 is 1. The summed E-state index contributed by atoms with van der Waals surface area (Å²) >= 11 is 0. The molecule has 0 radical (unpaired) electrons. The van der Waals surface area contributed by atoms with Crippen molar-refractivity contribution in [2.45, 2.75) is 26.7 Å². The van der Waals surface area contributed by atoms with Crippen LogP contribution in [0.1, 0.15) is 26.7 Å². The number of Topliss-reactive ketones (excluding diaryl/α,β-unsaturated/α-hetero) is 1. The van der Waals surface area contributed by atoms with Crippen LogP contribution in [0.5, 0.6) is 0 Å². The first-order valence-corrected chi connectivity index (χ1v) is 6.02. The zero-order chi connectivity index (χ0) is 13.1. The topological polar surface area (TPSA) is 55.8 Å². The Morgan fingerprint density at radius 1 is 1.18 bits per heavy atom. The second-order valence-corrected chi connectivity index (χ2v) is 3.71. The Hall–Kier alpha value is -0.940. The van der Waals surface area contributed by atoms with Crippen LogP contribution in [0.15, 0.2) is 0 Å². The lowest BCUT2D eigenvalue weighted by atomic mass is 10.2. The molecule has 0 aliphatic rings. The molecule has 0 aliphatic heterocycles. The maximum Gasteiger partial charge on any atom is 0.306 e. The van der Waals surface area contributed by atoms with E-state index >= 15 is 0 Å². The number of carbonyl (C=O) groups excluding carboxylic acids is 2. The van der Waals surface area contributed by atoms with Gasteiger partial charge in [0.2, 0.25) is 0 Å². The molecule has 100 valence electrons. The number of rotatable bonds is 10. The third-order valence-electron chi connectivity index (χ3n) is 2.37. The molecule has 0 aromatic rings. The van der Waals surface area contributed by atoms with E-state index in [4.69, 9.17) is 9.47 Å². The van der Waals surface area contributed by atoms with Crippen LogP contribution in [0, 0.1) is 0 Å². The van der Waals surface area contributed by atoms with Crippen molar-refractivity contribution in [3.05, 3.63) is 0 Å². The molecule has 0 aliphatic carbocycles. The Balaban J connectivity index is 3.78. The van der Waals surface area contributed by atoms with Gasteiger partial charge in [-0.1, -0.05) is 6.92 Å². The normalized spacial score (nSPS) is 10.6. The van der Waals surface area contributed by atoms with Gasteiger partial charge >= 0.3 is 5.97 Å². The highest BCUT2D eigenvalue weighted by Gasteiger charge is 2.11. The number of ketones is 1. The van der Waals surface area contributed by atoms with Gasteiger partial charge in [0.25, 0.3) is 0 Å². The van der Waals surface area contributed by atoms with Crippen molar-refractivity contribution in [3.8, 4) is 0 Å². The smallest absolute Gasteiger partial charge is 0.306 e. The zero-order valence-corrected chi connectivity index (χ0v) is 11.0. The minimum atomic E-state index is -0.305. The summed E-state index contributed by atoms with van der Waals surface area (Å²) in [6, 6.07) is 0. The Kier molecular flexibility index (Phi) is 9.66. The van der Waals surface area contributed by atoms with E-state index in [1.165, 1.54) is 0 Å². The second-order valence-electron chi connectivity index (χ2n) is 3.71. The molecule has 0 bridgehead atoms. The molecule has 5 nitrogen and oxygen atoms in total. The first kappa shape index (κ1) is 16.1. The maximum atomic E-state index is 11.6. The average molecular weight is 245 g/mol. The van der Waals surface area contributed by atoms with Crippen LogP contribution < -0.4 is 0 Å². The van der Waals surface area contributed by atoms with Gasteiger partial charge in [-0.3, -0.25) is 14.5 Å². The van der Waals surface area contributed by atoms with E-state index in [0.29, 0.717) is 19.8 Å². The largest absolute Gasteiger partial charge is 0.466 e. The number of hydrogen-bond donors (Lipinski definition) is 0. The second kappa shape index (κ2) is 10.2. The molecule has 5 heteroatoms. The van der Waals surface area contributed by atoms with Gasteiger partial charge in [0.05, 0.1) is 26.2 Å². The number of carbonyl (C=O) groups is 2. The lowest BCUT2D eigenvalue weighted by molar-refractivity contribution is -0.144. The predicted molar refractivity (Wildman–Crippen MR) is 64.9 cm³/mol. The number of likely N-dealkylation sites (N-methyl/N-ethyl adjacent to an activating group) is 1. The minimum Gasteiger partial charge on any atom is -0.466 e. The van der Waals surface area contributed by atoms with Crippen LogP contribution in [-0.4, -0.2) is 56.6 Å². The Labute approximate surface area is 103 Å². The van der Waals surface area contributed by atoms with Gasteiger partial charge in [-0.2, -0.15) is 0 Å². The molecule has 0 atom stereocenters. The van der Waals surface area contributed by atoms with E-state index in [0.717, 1.165) is 13.1 Å². The monoisotopic (exact) mass is 245 g/mol. The summed E-state index contributed by atoms with van der Waals surface area (Å²) in [6.45, 7) is 6.63. The van der Waals surface area contributed by atoms with Crippen LogP contribution in [0.3, 0.4) is 0 Å². The van der Waals surface area contributed by atoms with Crippen molar-refractivity contribution in [2.75, 3.05) is 40.0 Å². The molecule has 0 saturated heterocycles. The Morgan fingerprint density at radius 2 is 1.88 bits per heavy atom. The van der Waals surface area contributed by atoms with E-state index in [1.54, 1.807) is 14.0 Å². The van der Waals surface area contributed by atoms with Crippen LogP contribution in [-0.2, 0) is 19.1 Å². The standard InChI is InChI=1S/C12H23NO4/c1-4-13(8-9-16-3)10-11(14)6-7-12(15)17-5-2/h4-10H2,1-3H3. The molecule has 0 amide bonds. The van der Waals surface area contributed by atoms with Crippen molar-refractivity contribution in [3.63, 3.8) is 0 Å². The summed E-state index contributed by atoms with van der Waals surface area (Å²) in [5.41, 5.74) is 0. The molecule has 0 aromatic heterocycles. The van der Waals surface area contributed by atoms with Gasteiger partial charge in [-0.05, 0) is 13.5 Å². The molecular formula is C12H23NO4. The van der Waals surface area contributed by atoms with Gasteiger partial charge in [-0.25, -0.2) is 0 Å². The lowest BCUT2D eigenvalue weighted by Crippen LogP contribution is -2.32. The molecule has 17 heavy (non-hydrogen) atoms. The molecule has 0 aromatic carbocycles. The summed E-state index contributed by atoms with van der Waals surface area (Å²) in [5, 5.41) is 0. The minimum absolute atomic E-state index is 0.0657. The van der Waals surface area contributed by atoms with Crippen molar-refractivity contribution < 1.29 is 19.1 Å². The van der Waals surface area contributed by atoms with Crippen LogP contribution >= 0.6 is 0 Å². The van der Waals surface area contributed by atoms with Gasteiger partial charge in [-0.15, -0.1) is 0 Å². The quantitative estimate of drug-likeness (QED) is 0.534. The molecule has 0 rings (SSSR count). The van der Waals surface area contributed by atoms with Crippen molar-refractivity contribution in [2.24, 2.45) is 0 Å². The highest BCUT2D eigenvalue weighted by molar-refractivity contribution is 5.84. The number of nitrogens with zero attached hydrogens (tertiary/aromatic N) is 1. The summed E-state index contributed by atoms with van der Waals surface area (Å²) in [5.74, 6) is -0.239. The fraction of sp³-hybridized carbons (Fsp3) is 0.833. The fourth-order valence-electron chi connectivity index (χ4n) is 1.37. The van der Waals surface area contributed by atoms with E-state index in [2.05, 4.69) is 0 Å². The summed E-state index contributed by atoms with van der Waals surface area (Å²) in [7, 11) is 1.64. The highest BCUT2D eigenvalue weighted by atomic mass is 16.5. The predicted octanol–water partition coefficient (Wildman–Crippen LogP) is 0.867. The number of esters is 1. The maximum absolute atomic E-state index is 11.6. The van der Waals surface area contributed by atoms with Gasteiger partial charge in [0.15, 0.2) is 0 Å². The third kappa shape index (κ3) is 8.83. The summed E-state index contributed by atoms with van der Waals surface area (Å²) in [4.78, 5) is 24.7. The number of hydrogen-bond acceptors (Lipinski definition) is 5. The molecule has 0 spiro atoms. The first-order valence-electron chi connectivity index (χ1n) is 6.02. The third-order valence-corrected chi connectivity index (χ3v) is 2.37. The fourth-order valence-corrected chi connectivity index (χ4v) is 1.37. The molecule has 0 N–H and O–H groups in total. The van der Waals surface area contributed by atoms with E-state index in [9.17, 15) is 9.59 Å². The van der Waals surface area contributed by atoms with E-state index in [-0.39, 0.29) is 24.6 Å². The summed E-state index contributed by atoms with van der Waals surface area (Å²) in [6.07, 6.45) is 0.427. The van der Waals surface area contributed by atoms with Crippen LogP contribution in [0.2, 0.25) is 0 Å². The van der Waals surface area contributed by atoms with Crippen molar-refractivity contribution in [1.82, 2.24) is 4.90 Å². The van der Waals surface area contributed by atoms with Gasteiger partial charge in [0.1, 0.15) is 5.78 Å². The van der Waals surface area contributed by atoms with Crippen LogP contribution in [0.4, 0.5) is 0 Å². The molecule has 0 saturated carbocycles. The molecule has 0 heterocycles. The van der Waals surface area contributed by atoms with Crippen molar-refractivity contribution in [1.29, 1.82) is 0 Å². The highest BCUT2D eigenvalue weighted by Crippen LogP contribution is 1.97. The lowest BCUT2D eigenvalue weighted by Gasteiger charge is -2.18. The Morgan fingerprint density at radius 3 is 2.41 bits per heavy atom. The Bertz CT molecular complexity index is 231. The first-order chi connectivity index (χ1) is 8.13. The van der Waals surface area contributed by atoms with E-state index in [1.807, 2.05) is 11.8 Å². The van der Waals surface area contributed by atoms with E-state index < -0.39 is 0 Å². The van der Waals surface area contributed by atoms with Gasteiger partial charge in [0, 0.05) is 20.1 Å². The number of ether oxygens (including phenoxy) is 2.